The molecule has 0 aromatic carbocycles. The first-order valence-electron chi connectivity index (χ1n) is 20.7. The second-order valence-electron chi connectivity index (χ2n) is 15.2. The van der Waals surface area contributed by atoms with Gasteiger partial charge in [0.15, 0.2) is 12.1 Å². The van der Waals surface area contributed by atoms with Crippen LogP contribution in [0.4, 0.5) is 0 Å². The highest BCUT2D eigenvalue weighted by molar-refractivity contribution is 5.72. The number of unbranched alkanes of at least 4 members (excludes halogenated alkanes) is 21. The van der Waals surface area contributed by atoms with Gasteiger partial charge in [-0.3, -0.25) is 9.59 Å². The number of nitrogens with zero attached hydrogens (tertiary/aromatic N) is 1. The zero-order chi connectivity index (χ0) is 37.1. The van der Waals surface area contributed by atoms with Crippen LogP contribution in [0.15, 0.2) is 12.2 Å². The van der Waals surface area contributed by atoms with Gasteiger partial charge in [-0.05, 0) is 25.7 Å². The van der Waals surface area contributed by atoms with Crippen molar-refractivity contribution in [1.82, 2.24) is 0 Å². The Labute approximate surface area is 308 Å². The lowest BCUT2D eigenvalue weighted by atomic mass is 10.0. The van der Waals surface area contributed by atoms with Gasteiger partial charge in [0, 0.05) is 19.3 Å². The molecule has 0 aliphatic rings. The Morgan fingerprint density at radius 3 is 1.52 bits per heavy atom. The first-order chi connectivity index (χ1) is 24.1. The summed E-state index contributed by atoms with van der Waals surface area (Å²) in [6.45, 7) is 4.66. The van der Waals surface area contributed by atoms with Gasteiger partial charge in [-0.15, -0.1) is 0 Å². The van der Waals surface area contributed by atoms with Crippen molar-refractivity contribution >= 4 is 17.9 Å². The number of carbonyl (C=O) groups is 3. The Morgan fingerprint density at radius 2 is 1.04 bits per heavy atom. The number of likely N-dealkylation sites (N-methyl/N-ethyl adjacent to an activating group) is 1. The van der Waals surface area contributed by atoms with Crippen molar-refractivity contribution in [2.24, 2.45) is 0 Å². The molecule has 8 heteroatoms. The lowest BCUT2D eigenvalue weighted by Crippen LogP contribution is -2.50. The molecule has 1 N–H and O–H groups in total. The molecule has 294 valence electrons. The number of allylic oxidation sites excluding steroid dienone is 2. The van der Waals surface area contributed by atoms with E-state index in [1.807, 2.05) is 27.2 Å². The molecule has 0 saturated heterocycles. The fraction of sp³-hybridized carbons (Fsp3) is 0.881. The van der Waals surface area contributed by atoms with Gasteiger partial charge in [0.25, 0.3) is 0 Å². The summed E-state index contributed by atoms with van der Waals surface area (Å²) in [5.74, 6) is -1.52. The molecule has 0 aromatic rings. The normalized spacial score (nSPS) is 13.1. The molecule has 0 amide bonds. The van der Waals surface area contributed by atoms with Crippen molar-refractivity contribution in [3.63, 3.8) is 0 Å². The lowest BCUT2D eigenvalue weighted by molar-refractivity contribution is -0.887. The van der Waals surface area contributed by atoms with Crippen LogP contribution in [0.5, 0.6) is 0 Å². The van der Waals surface area contributed by atoms with Gasteiger partial charge in [0.2, 0.25) is 0 Å². The fourth-order valence-corrected chi connectivity index (χ4v) is 6.17. The third-order valence-corrected chi connectivity index (χ3v) is 9.43. The number of ether oxygens (including phenoxy) is 3. The Morgan fingerprint density at radius 1 is 0.580 bits per heavy atom. The van der Waals surface area contributed by atoms with E-state index < -0.39 is 18.1 Å². The standard InChI is InChI=1S/C42H79NO7/c1-6-8-10-12-14-16-17-18-19-20-21-22-23-24-25-27-29-31-33-41(45)50-38(36-48-35-34-39(42(46)47)43(3,4)5)37-49-40(44)32-30-28-26-15-13-11-9-7-2/h26,28,38-39H,6-25,27,29-37H2,1-5H3/p+1/b28-26+. The van der Waals surface area contributed by atoms with Gasteiger partial charge in [0.05, 0.1) is 34.4 Å². The van der Waals surface area contributed by atoms with Crippen LogP contribution in [0.2, 0.25) is 0 Å². The van der Waals surface area contributed by atoms with Crippen molar-refractivity contribution in [3.05, 3.63) is 12.2 Å². The Kier molecular flexibility index (Phi) is 32.9. The van der Waals surface area contributed by atoms with E-state index in [0.717, 1.165) is 25.7 Å². The second-order valence-corrected chi connectivity index (χ2v) is 15.2. The van der Waals surface area contributed by atoms with E-state index in [1.165, 1.54) is 122 Å². The molecule has 2 atom stereocenters. The van der Waals surface area contributed by atoms with Gasteiger partial charge in [0.1, 0.15) is 6.61 Å². The second kappa shape index (κ2) is 34.2. The Bertz CT molecular complexity index is 838. The Hall–Kier alpha value is -1.93. The van der Waals surface area contributed by atoms with Crippen LogP contribution in [-0.2, 0) is 28.6 Å². The number of carboxylic acids is 1. The predicted molar refractivity (Wildman–Crippen MR) is 206 cm³/mol. The zero-order valence-corrected chi connectivity index (χ0v) is 33.4. The molecule has 0 bridgehead atoms. The summed E-state index contributed by atoms with van der Waals surface area (Å²) >= 11 is 0. The average molecular weight is 711 g/mol. The van der Waals surface area contributed by atoms with Crippen LogP contribution >= 0.6 is 0 Å². The van der Waals surface area contributed by atoms with Gasteiger partial charge < -0.3 is 23.8 Å². The van der Waals surface area contributed by atoms with E-state index >= 15 is 0 Å². The number of aliphatic carboxylic acids is 1. The fourth-order valence-electron chi connectivity index (χ4n) is 6.17. The summed E-state index contributed by atoms with van der Waals surface area (Å²) in [6, 6.07) is -0.613. The maximum Gasteiger partial charge on any atom is 0.362 e. The highest BCUT2D eigenvalue weighted by Crippen LogP contribution is 2.15. The summed E-state index contributed by atoms with van der Waals surface area (Å²) in [4.78, 5) is 36.7. The van der Waals surface area contributed by atoms with E-state index in [0.29, 0.717) is 19.3 Å². The number of carboxylic acid groups (broad SMARTS) is 1. The third-order valence-electron chi connectivity index (χ3n) is 9.43. The predicted octanol–water partition coefficient (Wildman–Crippen LogP) is 10.7. The van der Waals surface area contributed by atoms with Gasteiger partial charge in [-0.1, -0.05) is 154 Å². The largest absolute Gasteiger partial charge is 0.477 e. The SMILES string of the molecule is CCCCCC/C=C/CCC(=O)OCC(COCCC(C(=O)O)[N+](C)(C)C)OC(=O)CCCCCCCCCCCCCCCCCCCC. The summed E-state index contributed by atoms with van der Waals surface area (Å²) in [6.07, 6.45) is 34.2. The molecule has 0 heterocycles. The molecule has 0 radical (unpaired) electrons. The summed E-state index contributed by atoms with van der Waals surface area (Å²) in [5, 5.41) is 9.58. The minimum atomic E-state index is -0.877. The first-order valence-corrected chi connectivity index (χ1v) is 20.7. The molecule has 0 fully saturated rings. The average Bonchev–Trinajstić information content (AvgIpc) is 3.06. The Balaban J connectivity index is 4.28. The van der Waals surface area contributed by atoms with Gasteiger partial charge in [-0.25, -0.2) is 4.79 Å². The maximum absolute atomic E-state index is 12.7. The lowest BCUT2D eigenvalue weighted by Gasteiger charge is -2.31. The molecule has 0 rings (SSSR count). The molecule has 2 unspecified atom stereocenters. The molecule has 0 saturated carbocycles. The number of esters is 2. The number of carbonyl (C=O) groups excluding carboxylic acids is 2. The van der Waals surface area contributed by atoms with Gasteiger partial charge >= 0.3 is 17.9 Å². The van der Waals surface area contributed by atoms with Crippen LogP contribution in [0.25, 0.3) is 0 Å². The third kappa shape index (κ3) is 32.0. The molecular weight excluding hydrogens is 630 g/mol. The molecule has 0 aliphatic heterocycles. The van der Waals surface area contributed by atoms with E-state index in [-0.39, 0.29) is 42.7 Å². The summed E-state index contributed by atoms with van der Waals surface area (Å²) in [5.41, 5.74) is 0. The van der Waals surface area contributed by atoms with Crippen LogP contribution in [0, 0.1) is 0 Å². The topological polar surface area (TPSA) is 99.1 Å². The quantitative estimate of drug-likeness (QED) is 0.0296. The van der Waals surface area contributed by atoms with Crippen molar-refractivity contribution in [2.45, 2.75) is 199 Å². The van der Waals surface area contributed by atoms with Crippen molar-refractivity contribution < 1.29 is 38.2 Å². The van der Waals surface area contributed by atoms with Gasteiger partial charge in [-0.2, -0.15) is 0 Å². The number of rotatable bonds is 37. The molecular formula is C42H80NO7+. The smallest absolute Gasteiger partial charge is 0.362 e. The van der Waals surface area contributed by atoms with Crippen molar-refractivity contribution in [1.29, 1.82) is 0 Å². The van der Waals surface area contributed by atoms with E-state index in [9.17, 15) is 19.5 Å². The van der Waals surface area contributed by atoms with Crippen molar-refractivity contribution in [3.8, 4) is 0 Å². The van der Waals surface area contributed by atoms with Crippen LogP contribution in [0.1, 0.15) is 187 Å². The molecule has 8 nitrogen and oxygen atoms in total. The molecule has 50 heavy (non-hydrogen) atoms. The zero-order valence-electron chi connectivity index (χ0n) is 33.4. The van der Waals surface area contributed by atoms with E-state index in [4.69, 9.17) is 14.2 Å². The first kappa shape index (κ1) is 48.1. The number of hydrogen-bond donors (Lipinski definition) is 1. The molecule has 0 spiro atoms. The van der Waals surface area contributed by atoms with Crippen LogP contribution < -0.4 is 0 Å². The highest BCUT2D eigenvalue weighted by Gasteiger charge is 2.31. The highest BCUT2D eigenvalue weighted by atomic mass is 16.6. The molecule has 0 aliphatic carbocycles. The number of hydrogen-bond acceptors (Lipinski definition) is 6. The monoisotopic (exact) mass is 711 g/mol. The maximum atomic E-state index is 12.7. The number of quaternary nitrogens is 1. The van der Waals surface area contributed by atoms with E-state index in [2.05, 4.69) is 19.9 Å². The summed E-state index contributed by atoms with van der Waals surface area (Å²) in [7, 11) is 5.51. The molecule has 0 aromatic heterocycles. The van der Waals surface area contributed by atoms with E-state index in [1.54, 1.807) is 0 Å². The van der Waals surface area contributed by atoms with Crippen molar-refractivity contribution in [2.75, 3.05) is 41.0 Å². The van der Waals surface area contributed by atoms with Crippen LogP contribution in [-0.4, -0.2) is 80.6 Å². The minimum Gasteiger partial charge on any atom is -0.477 e. The minimum absolute atomic E-state index is 0.0549. The summed E-state index contributed by atoms with van der Waals surface area (Å²) < 4.78 is 17.1. The van der Waals surface area contributed by atoms with Crippen LogP contribution in [0.3, 0.4) is 0 Å².